The topological polar surface area (TPSA) is 12.0 Å². The third-order valence-corrected chi connectivity index (χ3v) is 5.97. The van der Waals surface area contributed by atoms with Gasteiger partial charge in [0.25, 0.3) is 0 Å². The van der Waals surface area contributed by atoms with Crippen molar-refractivity contribution in [1.82, 2.24) is 0 Å². The van der Waals surface area contributed by atoms with Crippen LogP contribution in [0.25, 0.3) is 0 Å². The average Bonchev–Trinajstić information content (AvgIpc) is 2.57. The summed E-state index contributed by atoms with van der Waals surface area (Å²) in [6.07, 6.45) is 0. The summed E-state index contributed by atoms with van der Waals surface area (Å²) in [5.74, 6) is 0. The fourth-order valence-corrected chi connectivity index (χ4v) is 3.81. The highest BCUT2D eigenvalue weighted by molar-refractivity contribution is 9.13. The zero-order valence-corrected chi connectivity index (χ0v) is 13.7. The molecule has 0 bridgehead atoms. The molecule has 0 spiro atoms. The SMILES string of the molecule is Brc1ccccc1NCc1cc(Br)c(Br)s1. The second-order valence-corrected chi connectivity index (χ2v) is 7.33. The fraction of sp³-hybridized carbons (Fsp3) is 0.0909. The minimum Gasteiger partial charge on any atom is -0.379 e. The van der Waals surface area contributed by atoms with Gasteiger partial charge < -0.3 is 5.32 Å². The zero-order valence-electron chi connectivity index (χ0n) is 8.14. The van der Waals surface area contributed by atoms with E-state index in [1.54, 1.807) is 11.3 Å². The van der Waals surface area contributed by atoms with Crippen molar-refractivity contribution in [3.05, 3.63) is 47.9 Å². The Balaban J connectivity index is 2.05. The number of rotatable bonds is 3. The van der Waals surface area contributed by atoms with Crippen molar-refractivity contribution >= 4 is 64.8 Å². The molecule has 0 radical (unpaired) electrons. The number of thiophene rings is 1. The molecular formula is C11H8Br3NS. The van der Waals surface area contributed by atoms with Crippen LogP contribution < -0.4 is 5.32 Å². The van der Waals surface area contributed by atoms with E-state index in [1.165, 1.54) is 4.88 Å². The summed E-state index contributed by atoms with van der Waals surface area (Å²) in [7, 11) is 0. The number of nitrogens with one attached hydrogen (secondary N) is 1. The van der Waals surface area contributed by atoms with Gasteiger partial charge in [-0.3, -0.25) is 0 Å². The summed E-state index contributed by atoms with van der Waals surface area (Å²) in [6.45, 7) is 0.831. The van der Waals surface area contributed by atoms with Crippen LogP contribution in [0.5, 0.6) is 0 Å². The van der Waals surface area contributed by atoms with E-state index in [1.807, 2.05) is 18.2 Å². The lowest BCUT2D eigenvalue weighted by atomic mass is 10.3. The van der Waals surface area contributed by atoms with Crippen LogP contribution in [0, 0.1) is 0 Å². The van der Waals surface area contributed by atoms with E-state index in [9.17, 15) is 0 Å². The molecule has 1 heterocycles. The number of benzene rings is 1. The van der Waals surface area contributed by atoms with Crippen molar-refractivity contribution in [1.29, 1.82) is 0 Å². The summed E-state index contributed by atoms with van der Waals surface area (Å²) >= 11 is 12.2. The second-order valence-electron chi connectivity index (χ2n) is 3.17. The number of anilines is 1. The Hall–Kier alpha value is 0.160. The quantitative estimate of drug-likeness (QED) is 0.670. The van der Waals surface area contributed by atoms with Gasteiger partial charge >= 0.3 is 0 Å². The van der Waals surface area contributed by atoms with Crippen molar-refractivity contribution < 1.29 is 0 Å². The van der Waals surface area contributed by atoms with Crippen molar-refractivity contribution in [3.8, 4) is 0 Å². The maximum Gasteiger partial charge on any atom is 0.0843 e. The number of para-hydroxylation sites is 1. The van der Waals surface area contributed by atoms with E-state index < -0.39 is 0 Å². The van der Waals surface area contributed by atoms with Gasteiger partial charge in [-0.05, 0) is 66.0 Å². The van der Waals surface area contributed by atoms with Gasteiger partial charge in [0, 0.05) is 26.1 Å². The molecule has 0 fully saturated rings. The molecule has 0 saturated heterocycles. The maximum absolute atomic E-state index is 3.51. The summed E-state index contributed by atoms with van der Waals surface area (Å²) < 4.78 is 3.34. The predicted octanol–water partition coefficient (Wildman–Crippen LogP) is 5.65. The first-order chi connectivity index (χ1) is 7.66. The lowest BCUT2D eigenvalue weighted by molar-refractivity contribution is 1.19. The van der Waals surface area contributed by atoms with Crippen LogP contribution in [0.2, 0.25) is 0 Å². The molecule has 16 heavy (non-hydrogen) atoms. The molecule has 5 heteroatoms. The third-order valence-electron chi connectivity index (χ3n) is 2.02. The van der Waals surface area contributed by atoms with Gasteiger partial charge in [-0.15, -0.1) is 11.3 Å². The highest BCUT2D eigenvalue weighted by atomic mass is 79.9. The summed E-state index contributed by atoms with van der Waals surface area (Å²) in [5.41, 5.74) is 1.11. The maximum atomic E-state index is 3.51. The van der Waals surface area contributed by atoms with Gasteiger partial charge in [0.1, 0.15) is 0 Å². The molecular weight excluding hydrogens is 418 g/mol. The summed E-state index contributed by atoms with van der Waals surface area (Å²) in [6, 6.07) is 10.2. The Morgan fingerprint density at radius 3 is 2.44 bits per heavy atom. The lowest BCUT2D eigenvalue weighted by Gasteiger charge is -2.06. The van der Waals surface area contributed by atoms with E-state index >= 15 is 0 Å². The largest absolute Gasteiger partial charge is 0.379 e. The van der Waals surface area contributed by atoms with Crippen molar-refractivity contribution in [3.63, 3.8) is 0 Å². The van der Waals surface area contributed by atoms with Gasteiger partial charge in [0.2, 0.25) is 0 Å². The monoisotopic (exact) mass is 423 g/mol. The Morgan fingerprint density at radius 2 is 1.81 bits per heavy atom. The summed E-state index contributed by atoms with van der Waals surface area (Å²) in [4.78, 5) is 1.29. The van der Waals surface area contributed by atoms with E-state index in [4.69, 9.17) is 0 Å². The molecule has 1 aromatic heterocycles. The standard InChI is InChI=1S/C11H8Br3NS/c12-8-3-1-2-4-10(8)15-6-7-5-9(13)11(14)16-7/h1-5,15H,6H2. The van der Waals surface area contributed by atoms with Gasteiger partial charge in [-0.1, -0.05) is 12.1 Å². The molecule has 0 aliphatic carbocycles. The highest BCUT2D eigenvalue weighted by Gasteiger charge is 2.04. The Bertz CT molecular complexity index is 476. The van der Waals surface area contributed by atoms with Crippen LogP contribution in [0.1, 0.15) is 4.88 Å². The minimum atomic E-state index is 0.831. The van der Waals surface area contributed by atoms with E-state index in [0.717, 1.165) is 25.0 Å². The van der Waals surface area contributed by atoms with E-state index in [-0.39, 0.29) is 0 Å². The first-order valence-electron chi connectivity index (χ1n) is 4.59. The molecule has 84 valence electrons. The highest BCUT2D eigenvalue weighted by Crippen LogP contribution is 2.33. The van der Waals surface area contributed by atoms with Gasteiger partial charge in [0.15, 0.2) is 0 Å². The first kappa shape index (κ1) is 12.6. The Labute approximate surface area is 124 Å². The minimum absolute atomic E-state index is 0.831. The van der Waals surface area contributed by atoms with Crippen molar-refractivity contribution in [2.45, 2.75) is 6.54 Å². The lowest BCUT2D eigenvalue weighted by Crippen LogP contribution is -1.97. The van der Waals surface area contributed by atoms with Crippen LogP contribution >= 0.6 is 59.1 Å². The van der Waals surface area contributed by atoms with Crippen molar-refractivity contribution in [2.24, 2.45) is 0 Å². The van der Waals surface area contributed by atoms with Crippen LogP contribution in [-0.2, 0) is 6.54 Å². The molecule has 0 saturated carbocycles. The van der Waals surface area contributed by atoms with Crippen LogP contribution in [0.15, 0.2) is 43.1 Å². The van der Waals surface area contributed by atoms with Crippen molar-refractivity contribution in [2.75, 3.05) is 5.32 Å². The molecule has 0 aliphatic rings. The Kier molecular flexibility index (Phi) is 4.47. The smallest absolute Gasteiger partial charge is 0.0843 e. The molecule has 2 aromatic rings. The molecule has 1 nitrogen and oxygen atoms in total. The summed E-state index contributed by atoms with van der Waals surface area (Å²) in [5, 5.41) is 3.39. The number of halogens is 3. The molecule has 0 atom stereocenters. The average molecular weight is 426 g/mol. The second kappa shape index (κ2) is 5.67. The third kappa shape index (κ3) is 3.09. The van der Waals surface area contributed by atoms with Gasteiger partial charge in [0.05, 0.1) is 3.79 Å². The zero-order chi connectivity index (χ0) is 11.5. The van der Waals surface area contributed by atoms with Crippen LogP contribution in [0.3, 0.4) is 0 Å². The number of hydrogen-bond donors (Lipinski definition) is 1. The van der Waals surface area contributed by atoms with E-state index in [0.29, 0.717) is 0 Å². The molecule has 1 aromatic carbocycles. The first-order valence-corrected chi connectivity index (χ1v) is 7.78. The Morgan fingerprint density at radius 1 is 1.06 bits per heavy atom. The van der Waals surface area contributed by atoms with Gasteiger partial charge in [-0.25, -0.2) is 0 Å². The molecule has 0 unspecified atom stereocenters. The number of hydrogen-bond acceptors (Lipinski definition) is 2. The predicted molar refractivity (Wildman–Crippen MR) is 81.2 cm³/mol. The molecule has 0 aliphatic heterocycles. The van der Waals surface area contributed by atoms with Gasteiger partial charge in [-0.2, -0.15) is 0 Å². The van der Waals surface area contributed by atoms with Crippen LogP contribution in [0.4, 0.5) is 5.69 Å². The molecule has 1 N–H and O–H groups in total. The van der Waals surface area contributed by atoms with Crippen LogP contribution in [-0.4, -0.2) is 0 Å². The van der Waals surface area contributed by atoms with E-state index in [2.05, 4.69) is 65.2 Å². The fourth-order valence-electron chi connectivity index (χ4n) is 1.27. The molecule has 2 rings (SSSR count). The molecule has 0 amide bonds. The normalized spacial score (nSPS) is 10.4.